The number of esters is 3. The molecule has 39 heavy (non-hydrogen) atoms. The van der Waals surface area contributed by atoms with E-state index >= 15 is 0 Å². The number of ether oxygens (including phenoxy) is 3. The molecule has 0 saturated carbocycles. The van der Waals surface area contributed by atoms with Crippen molar-refractivity contribution in [2.75, 3.05) is 0 Å². The largest absolute Gasteiger partial charge is 0.480 e. The van der Waals surface area contributed by atoms with Crippen molar-refractivity contribution in [3.63, 3.8) is 0 Å². The highest BCUT2D eigenvalue weighted by atomic mass is 16.6. The van der Waals surface area contributed by atoms with E-state index in [2.05, 4.69) is 0 Å². The van der Waals surface area contributed by atoms with Gasteiger partial charge in [0.1, 0.15) is 11.6 Å². The summed E-state index contributed by atoms with van der Waals surface area (Å²) in [6.07, 6.45) is 1.93. The van der Waals surface area contributed by atoms with E-state index < -0.39 is 35.5 Å². The molecule has 3 unspecified atom stereocenters. The first kappa shape index (κ1) is 34.1. The molecule has 3 N–H and O–H groups in total. The highest BCUT2D eigenvalue weighted by Crippen LogP contribution is 2.32. The molecule has 0 aromatic heterocycles. The molecule has 0 aliphatic carbocycles. The summed E-state index contributed by atoms with van der Waals surface area (Å²) in [7, 11) is 0. The molecule has 0 saturated heterocycles. The fourth-order valence-corrected chi connectivity index (χ4v) is 3.86. The molecule has 0 heterocycles. The number of aliphatic carboxylic acids is 1. The summed E-state index contributed by atoms with van der Waals surface area (Å²) in [6.45, 7) is 13.4. The number of hydrogen-bond acceptors (Lipinski definition) is 8. The predicted molar refractivity (Wildman–Crippen MR) is 148 cm³/mol. The van der Waals surface area contributed by atoms with Crippen molar-refractivity contribution in [2.45, 2.75) is 111 Å². The summed E-state index contributed by atoms with van der Waals surface area (Å²) in [5, 5.41) is 9.95. The maximum atomic E-state index is 12.6. The first-order valence-electron chi connectivity index (χ1n) is 13.9. The molecule has 1 aromatic rings. The first-order chi connectivity index (χ1) is 18.2. The van der Waals surface area contributed by atoms with Crippen molar-refractivity contribution in [1.82, 2.24) is 0 Å². The summed E-state index contributed by atoms with van der Waals surface area (Å²) in [6, 6.07) is 4.54. The number of nitrogens with two attached hydrogens (primary N) is 1. The Morgan fingerprint density at radius 2 is 1.41 bits per heavy atom. The third kappa shape index (κ3) is 12.6. The van der Waals surface area contributed by atoms with Crippen LogP contribution >= 0.6 is 0 Å². The lowest BCUT2D eigenvalue weighted by molar-refractivity contribution is -0.153. The molecule has 220 valence electrons. The topological polar surface area (TPSA) is 142 Å². The number of benzene rings is 1. The van der Waals surface area contributed by atoms with Crippen molar-refractivity contribution < 1.29 is 38.5 Å². The third-order valence-electron chi connectivity index (χ3n) is 6.74. The molecule has 1 aromatic carbocycles. The predicted octanol–water partition coefficient (Wildman–Crippen LogP) is 5.45. The Balaban J connectivity index is 3.16. The first-order valence-corrected chi connectivity index (χ1v) is 13.9. The Morgan fingerprint density at radius 1 is 0.872 bits per heavy atom. The zero-order chi connectivity index (χ0) is 29.8. The molecule has 9 heteroatoms. The maximum absolute atomic E-state index is 12.6. The fourth-order valence-electron chi connectivity index (χ4n) is 3.86. The molecule has 0 radical (unpaired) electrons. The number of carbonyl (C=O) groups is 4. The minimum Gasteiger partial charge on any atom is -0.480 e. The van der Waals surface area contributed by atoms with Gasteiger partial charge in [0.2, 0.25) is 0 Å². The summed E-state index contributed by atoms with van der Waals surface area (Å²) in [5.74, 6) is -1.92. The fraction of sp³-hybridized carbons (Fsp3) is 0.667. The second kappa shape index (κ2) is 16.2. The van der Waals surface area contributed by atoms with Gasteiger partial charge in [-0.05, 0) is 48.8 Å². The van der Waals surface area contributed by atoms with Gasteiger partial charge in [0.25, 0.3) is 0 Å². The zero-order valence-corrected chi connectivity index (χ0v) is 24.6. The number of carboxylic acids is 1. The van der Waals surface area contributed by atoms with Crippen LogP contribution in [0.1, 0.15) is 99.0 Å². The highest BCUT2D eigenvalue weighted by molar-refractivity contribution is 5.80. The van der Waals surface area contributed by atoms with Crippen molar-refractivity contribution in [3.05, 3.63) is 23.8 Å². The Kier molecular flexibility index (Phi) is 14.2. The molecule has 9 nitrogen and oxygen atoms in total. The molecule has 4 atom stereocenters. The van der Waals surface area contributed by atoms with Gasteiger partial charge in [0.05, 0.1) is 0 Å². The van der Waals surface area contributed by atoms with Crippen molar-refractivity contribution in [2.24, 2.45) is 23.5 Å². The van der Waals surface area contributed by atoms with Crippen LogP contribution in [0.15, 0.2) is 18.2 Å². The van der Waals surface area contributed by atoms with Crippen LogP contribution in [0.3, 0.4) is 0 Å². The highest BCUT2D eigenvalue weighted by Gasteiger charge is 2.37. The van der Waals surface area contributed by atoms with Gasteiger partial charge >= 0.3 is 23.9 Å². The van der Waals surface area contributed by atoms with E-state index in [0.29, 0.717) is 17.9 Å². The lowest BCUT2D eigenvalue weighted by Gasteiger charge is -2.28. The summed E-state index contributed by atoms with van der Waals surface area (Å²) < 4.78 is 16.5. The Morgan fingerprint density at radius 3 is 1.90 bits per heavy atom. The molecule has 1 rings (SSSR count). The molecule has 0 aliphatic heterocycles. The molecular weight excluding hydrogens is 502 g/mol. The standard InChI is InChI=1S/C30H47NO8/c1-8-20(5)14-27(33)38-24-12-11-23(16-25(24)39-28(34)15-21(6)9-2)18-30(31,29(35)36)17-22(7)37-26(32)13-10-19(3)4/h11-12,16,19-22H,8-10,13-15,17-18,31H2,1-7H3,(H,35,36)/t20?,21?,22-,30?/m0/s1. The Hall–Kier alpha value is -2.94. The van der Waals surface area contributed by atoms with Gasteiger partial charge in [-0.25, -0.2) is 0 Å². The molecular formula is C30H47NO8. The van der Waals surface area contributed by atoms with Crippen LogP contribution in [0.4, 0.5) is 0 Å². The van der Waals surface area contributed by atoms with Gasteiger partial charge in [0, 0.05) is 32.1 Å². The monoisotopic (exact) mass is 549 g/mol. The summed E-state index contributed by atoms with van der Waals surface area (Å²) in [5.41, 5.74) is 5.02. The van der Waals surface area contributed by atoms with Crippen LogP contribution in [-0.4, -0.2) is 40.6 Å². The zero-order valence-electron chi connectivity index (χ0n) is 24.6. The van der Waals surface area contributed by atoms with E-state index in [9.17, 15) is 24.3 Å². The van der Waals surface area contributed by atoms with Crippen molar-refractivity contribution in [1.29, 1.82) is 0 Å². The second-order valence-electron chi connectivity index (χ2n) is 11.2. The van der Waals surface area contributed by atoms with Gasteiger partial charge in [-0.2, -0.15) is 0 Å². The summed E-state index contributed by atoms with van der Waals surface area (Å²) >= 11 is 0. The van der Waals surface area contributed by atoms with Gasteiger partial charge in [-0.15, -0.1) is 0 Å². The van der Waals surface area contributed by atoms with Crippen LogP contribution in [0.2, 0.25) is 0 Å². The maximum Gasteiger partial charge on any atom is 0.324 e. The summed E-state index contributed by atoms with van der Waals surface area (Å²) in [4.78, 5) is 49.3. The van der Waals surface area contributed by atoms with Gasteiger partial charge < -0.3 is 25.1 Å². The molecule has 0 spiro atoms. The van der Waals surface area contributed by atoms with Crippen LogP contribution < -0.4 is 15.2 Å². The van der Waals surface area contributed by atoms with E-state index in [1.165, 1.54) is 12.1 Å². The lowest BCUT2D eigenvalue weighted by atomic mass is 9.86. The number of hydrogen-bond donors (Lipinski definition) is 2. The lowest BCUT2D eigenvalue weighted by Crippen LogP contribution is -2.52. The van der Waals surface area contributed by atoms with Crippen LogP contribution in [-0.2, 0) is 30.3 Å². The van der Waals surface area contributed by atoms with Crippen LogP contribution in [0.25, 0.3) is 0 Å². The van der Waals surface area contributed by atoms with E-state index in [4.69, 9.17) is 19.9 Å². The smallest absolute Gasteiger partial charge is 0.324 e. The van der Waals surface area contributed by atoms with Crippen LogP contribution in [0.5, 0.6) is 11.5 Å². The third-order valence-corrected chi connectivity index (χ3v) is 6.74. The normalized spacial score (nSPS) is 15.1. The van der Waals surface area contributed by atoms with E-state index in [1.54, 1.807) is 13.0 Å². The van der Waals surface area contributed by atoms with Crippen molar-refractivity contribution >= 4 is 23.9 Å². The second-order valence-corrected chi connectivity index (χ2v) is 11.2. The van der Waals surface area contributed by atoms with Gasteiger partial charge in [-0.1, -0.05) is 60.5 Å². The minimum atomic E-state index is -1.76. The molecule has 0 bridgehead atoms. The van der Waals surface area contributed by atoms with E-state index in [-0.39, 0.29) is 55.4 Å². The SMILES string of the molecule is CCC(C)CC(=O)Oc1ccc(CC(N)(C[C@H](C)OC(=O)CCC(C)C)C(=O)O)cc1OC(=O)CC(C)CC. The number of carbonyl (C=O) groups excluding carboxylic acids is 3. The molecule has 0 amide bonds. The quantitative estimate of drug-likeness (QED) is 0.191. The Labute approximate surface area is 232 Å². The molecule has 0 aliphatic rings. The minimum absolute atomic E-state index is 0.0270. The van der Waals surface area contributed by atoms with E-state index in [1.807, 2.05) is 41.5 Å². The number of carboxylic acid groups (broad SMARTS) is 1. The van der Waals surface area contributed by atoms with Gasteiger partial charge in [0.15, 0.2) is 11.5 Å². The average Bonchev–Trinajstić information content (AvgIpc) is 2.83. The van der Waals surface area contributed by atoms with E-state index in [0.717, 1.165) is 12.8 Å². The average molecular weight is 550 g/mol. The van der Waals surface area contributed by atoms with Gasteiger partial charge in [-0.3, -0.25) is 19.2 Å². The van der Waals surface area contributed by atoms with Crippen molar-refractivity contribution in [3.8, 4) is 11.5 Å². The van der Waals surface area contributed by atoms with Crippen LogP contribution in [0, 0.1) is 17.8 Å². The Bertz CT molecular complexity index is 976. The number of rotatable bonds is 17. The molecule has 0 fully saturated rings.